The van der Waals surface area contributed by atoms with E-state index in [0.29, 0.717) is 0 Å². The van der Waals surface area contributed by atoms with Crippen molar-refractivity contribution in [2.24, 2.45) is 0 Å². The second-order valence-electron chi connectivity index (χ2n) is 7.57. The van der Waals surface area contributed by atoms with Crippen LogP contribution in [0.4, 0.5) is 0 Å². The summed E-state index contributed by atoms with van der Waals surface area (Å²) >= 11 is 0. The first-order valence-corrected chi connectivity index (χ1v) is 8.74. The average Bonchev–Trinajstić information content (AvgIpc) is 3.11. The topological polar surface area (TPSA) is 64.3 Å². The molecule has 0 radical (unpaired) electrons. The van der Waals surface area contributed by atoms with Crippen LogP contribution < -0.4 is 0 Å². The monoisotopic (exact) mass is 328 g/mol. The van der Waals surface area contributed by atoms with Crippen molar-refractivity contribution in [2.45, 2.75) is 73.4 Å². The molecule has 0 aliphatic carbocycles. The smallest absolute Gasteiger partial charge is 0.177 e. The summed E-state index contributed by atoms with van der Waals surface area (Å²) in [6.45, 7) is 15.8. The van der Waals surface area contributed by atoms with Crippen molar-refractivity contribution < 1.29 is 0 Å². The van der Waals surface area contributed by atoms with Gasteiger partial charge < -0.3 is 4.98 Å². The van der Waals surface area contributed by atoms with Gasteiger partial charge in [-0.2, -0.15) is 10.2 Å². The van der Waals surface area contributed by atoms with E-state index in [4.69, 9.17) is 10.1 Å². The molecule has 0 atom stereocenters. The van der Waals surface area contributed by atoms with Crippen molar-refractivity contribution in [1.29, 1.82) is 0 Å². The number of aromatic amines is 1. The molecule has 0 aromatic carbocycles. The molecule has 0 saturated carbocycles. The Morgan fingerprint density at radius 3 is 2.33 bits per heavy atom. The molecule has 130 valence electrons. The van der Waals surface area contributed by atoms with Crippen LogP contribution in [0.25, 0.3) is 22.6 Å². The third kappa shape index (κ3) is 2.64. The Hall–Kier alpha value is -2.11. The molecule has 0 saturated heterocycles. The van der Waals surface area contributed by atoms with Gasteiger partial charge >= 0.3 is 0 Å². The van der Waals surface area contributed by atoms with Gasteiger partial charge in [-0.15, -0.1) is 0 Å². The van der Waals surface area contributed by atoms with Crippen LogP contribution >= 0.6 is 0 Å². The van der Waals surface area contributed by atoms with Crippen LogP contribution in [-0.2, 0) is 12.1 Å². The Kier molecular flexibility index (Phi) is 4.01. The van der Waals surface area contributed by atoms with Crippen LogP contribution in [0.3, 0.4) is 0 Å². The van der Waals surface area contributed by atoms with Crippen molar-refractivity contribution in [3.8, 4) is 11.4 Å². The molecule has 0 aliphatic heterocycles. The Bertz CT molecular complexity index is 872. The number of aromatic nitrogens is 6. The summed E-state index contributed by atoms with van der Waals surface area (Å²) in [7, 11) is 0. The highest BCUT2D eigenvalue weighted by atomic mass is 15.3. The normalized spacial score (nSPS) is 12.5. The highest BCUT2D eigenvalue weighted by Crippen LogP contribution is 2.30. The molecule has 0 unspecified atom stereocenters. The van der Waals surface area contributed by atoms with E-state index < -0.39 is 0 Å². The molecule has 6 nitrogen and oxygen atoms in total. The summed E-state index contributed by atoms with van der Waals surface area (Å²) in [4.78, 5) is 8.34. The summed E-state index contributed by atoms with van der Waals surface area (Å²) in [6, 6.07) is 0. The Labute approximate surface area is 143 Å². The van der Waals surface area contributed by atoms with E-state index >= 15 is 0 Å². The van der Waals surface area contributed by atoms with Gasteiger partial charge in [0, 0.05) is 12.2 Å². The first-order valence-electron chi connectivity index (χ1n) is 8.74. The minimum Gasteiger partial charge on any atom is -0.335 e. The van der Waals surface area contributed by atoms with E-state index in [0.717, 1.165) is 59.0 Å². The molecular weight excluding hydrogens is 300 g/mol. The van der Waals surface area contributed by atoms with Crippen molar-refractivity contribution in [2.75, 3.05) is 0 Å². The number of unbranched alkanes of at least 4 members (excludes halogenated alkanes) is 1. The van der Waals surface area contributed by atoms with E-state index in [1.165, 1.54) is 0 Å². The van der Waals surface area contributed by atoms with Gasteiger partial charge in [0.25, 0.3) is 0 Å². The molecule has 0 bridgehead atoms. The Morgan fingerprint density at radius 1 is 1.04 bits per heavy atom. The summed E-state index contributed by atoms with van der Waals surface area (Å²) in [5, 5.41) is 9.35. The molecule has 3 aromatic rings. The number of aryl methyl sites for hydroxylation is 3. The molecule has 0 amide bonds. The lowest BCUT2D eigenvalue weighted by molar-refractivity contribution is 0.346. The maximum atomic E-state index is 4.87. The summed E-state index contributed by atoms with van der Waals surface area (Å²) in [6.07, 6.45) is 2.26. The highest BCUT2D eigenvalue weighted by molar-refractivity contribution is 5.79. The predicted octanol–water partition coefficient (Wildman–Crippen LogP) is 4.10. The lowest BCUT2D eigenvalue weighted by Crippen LogP contribution is -2.24. The zero-order valence-electron chi connectivity index (χ0n) is 15.9. The number of imidazole rings is 1. The van der Waals surface area contributed by atoms with Gasteiger partial charge in [-0.25, -0.2) is 9.67 Å². The lowest BCUT2D eigenvalue weighted by Gasteiger charge is -2.21. The first-order chi connectivity index (χ1) is 11.2. The van der Waals surface area contributed by atoms with E-state index in [9.17, 15) is 0 Å². The van der Waals surface area contributed by atoms with E-state index in [1.807, 2.05) is 18.5 Å². The molecule has 0 fully saturated rings. The van der Waals surface area contributed by atoms with E-state index in [2.05, 4.69) is 49.4 Å². The van der Waals surface area contributed by atoms with Gasteiger partial charge in [-0.1, -0.05) is 13.3 Å². The van der Waals surface area contributed by atoms with Crippen LogP contribution in [0.5, 0.6) is 0 Å². The van der Waals surface area contributed by atoms with Gasteiger partial charge in [0.05, 0.1) is 22.5 Å². The number of hydrogen-bond acceptors (Lipinski definition) is 3. The minimum atomic E-state index is -0.0487. The number of fused-ring (bicyclic) bond motifs is 1. The molecule has 3 rings (SSSR count). The largest absolute Gasteiger partial charge is 0.335 e. The van der Waals surface area contributed by atoms with Gasteiger partial charge in [-0.3, -0.25) is 4.68 Å². The first kappa shape index (κ1) is 16.7. The number of H-pyrrole nitrogens is 1. The standard InChI is InChI=1S/C18H28N6/c1-8-9-10-23-17-15(12(3)21-23)19-16(20-17)14-11(2)22-24(13(14)4)18(5,6)7/h8-10H2,1-7H3,(H,19,20). The number of nitrogens with zero attached hydrogens (tertiary/aromatic N) is 5. The van der Waals surface area contributed by atoms with E-state index in [-0.39, 0.29) is 5.54 Å². The minimum absolute atomic E-state index is 0.0487. The van der Waals surface area contributed by atoms with Gasteiger partial charge in [0.15, 0.2) is 5.65 Å². The third-order valence-corrected chi connectivity index (χ3v) is 4.45. The van der Waals surface area contributed by atoms with Crippen molar-refractivity contribution >= 4 is 11.2 Å². The van der Waals surface area contributed by atoms with Crippen molar-refractivity contribution in [3.63, 3.8) is 0 Å². The molecule has 0 aliphatic rings. The Balaban J connectivity index is 2.12. The van der Waals surface area contributed by atoms with Gasteiger partial charge in [0.2, 0.25) is 0 Å². The van der Waals surface area contributed by atoms with Gasteiger partial charge in [-0.05, 0) is 48.0 Å². The quantitative estimate of drug-likeness (QED) is 0.784. The molecule has 1 N–H and O–H groups in total. The molecule has 0 spiro atoms. The molecular formula is C18H28N6. The van der Waals surface area contributed by atoms with Crippen LogP contribution in [0.1, 0.15) is 57.6 Å². The SMILES string of the molecule is CCCCn1nc(C)c2[nH]c(-c3c(C)nn(C(C)(C)C)c3C)nc21. The predicted molar refractivity (Wildman–Crippen MR) is 97.2 cm³/mol. The second-order valence-corrected chi connectivity index (χ2v) is 7.57. The number of rotatable bonds is 4. The fraction of sp³-hybridized carbons (Fsp3) is 0.611. The molecule has 3 aromatic heterocycles. The van der Waals surface area contributed by atoms with Crippen LogP contribution in [0, 0.1) is 20.8 Å². The number of nitrogens with one attached hydrogen (secondary N) is 1. The third-order valence-electron chi connectivity index (χ3n) is 4.45. The van der Waals surface area contributed by atoms with Crippen LogP contribution in [-0.4, -0.2) is 29.5 Å². The van der Waals surface area contributed by atoms with Crippen LogP contribution in [0.15, 0.2) is 0 Å². The number of hydrogen-bond donors (Lipinski definition) is 1. The summed E-state index contributed by atoms with van der Waals surface area (Å²) < 4.78 is 4.11. The molecule has 24 heavy (non-hydrogen) atoms. The zero-order valence-corrected chi connectivity index (χ0v) is 15.9. The van der Waals surface area contributed by atoms with Crippen molar-refractivity contribution in [3.05, 3.63) is 17.1 Å². The molecule has 6 heteroatoms. The maximum absolute atomic E-state index is 4.87. The second kappa shape index (κ2) is 5.76. The Morgan fingerprint density at radius 2 is 1.75 bits per heavy atom. The zero-order chi connectivity index (χ0) is 17.6. The average molecular weight is 328 g/mol. The maximum Gasteiger partial charge on any atom is 0.177 e. The van der Waals surface area contributed by atoms with Crippen LogP contribution in [0.2, 0.25) is 0 Å². The van der Waals surface area contributed by atoms with Crippen molar-refractivity contribution in [1.82, 2.24) is 29.5 Å². The molecule has 3 heterocycles. The highest BCUT2D eigenvalue weighted by Gasteiger charge is 2.24. The fourth-order valence-corrected chi connectivity index (χ4v) is 3.30. The summed E-state index contributed by atoms with van der Waals surface area (Å²) in [5.74, 6) is 0.890. The fourth-order valence-electron chi connectivity index (χ4n) is 3.30. The van der Waals surface area contributed by atoms with Gasteiger partial charge in [0.1, 0.15) is 11.3 Å². The summed E-state index contributed by atoms with van der Waals surface area (Å²) in [5.41, 5.74) is 6.17. The van der Waals surface area contributed by atoms with E-state index in [1.54, 1.807) is 0 Å². The lowest BCUT2D eigenvalue weighted by atomic mass is 10.1.